The Hall–Kier alpha value is -6.81. The number of fused-ring (bicyclic) bond motifs is 10. The van der Waals surface area contributed by atoms with E-state index in [1.807, 2.05) is 11.8 Å². The minimum absolute atomic E-state index is 0.570. The van der Waals surface area contributed by atoms with Crippen molar-refractivity contribution in [3.05, 3.63) is 229 Å². The number of nitrogens with zero attached hydrogens (tertiary/aromatic N) is 2. The van der Waals surface area contributed by atoms with Crippen molar-refractivity contribution in [1.29, 1.82) is 0 Å². The van der Waals surface area contributed by atoms with Crippen molar-refractivity contribution in [2.75, 3.05) is 0 Å². The van der Waals surface area contributed by atoms with Gasteiger partial charge in [0.05, 0.1) is 27.5 Å². The fourth-order valence-electron chi connectivity index (χ4n) is 9.68. The van der Waals surface area contributed by atoms with Crippen LogP contribution in [-0.4, -0.2) is 9.13 Å². The Morgan fingerprint density at radius 3 is 1.23 bits per heavy atom. The monoisotopic (exact) mass is 730 g/mol. The zero-order valence-corrected chi connectivity index (χ0v) is 31.2. The SMILES string of the molecule is c1ccc2c(c1)Sc1c(ccc3ccccc13)C2(c1ccc(-n2c3ccccc3c3ccccc32)cc1)c1ccc(-n2c3ccccc3c3ccccc32)cc1. The molecule has 0 saturated carbocycles. The van der Waals surface area contributed by atoms with E-state index in [9.17, 15) is 0 Å². The number of hydrogen-bond acceptors (Lipinski definition) is 1. The molecule has 2 nitrogen and oxygen atoms in total. The first-order chi connectivity index (χ1) is 27.8. The number of benzene rings is 9. The molecule has 56 heavy (non-hydrogen) atoms. The van der Waals surface area contributed by atoms with E-state index in [2.05, 4.69) is 215 Å². The third-order valence-corrected chi connectivity index (χ3v) is 13.3. The Bertz CT molecular complexity index is 3070. The van der Waals surface area contributed by atoms with Crippen molar-refractivity contribution < 1.29 is 0 Å². The lowest BCUT2D eigenvalue weighted by Gasteiger charge is -2.42. The van der Waals surface area contributed by atoms with Crippen LogP contribution in [0.1, 0.15) is 22.3 Å². The molecule has 0 amide bonds. The lowest BCUT2D eigenvalue weighted by Crippen LogP contribution is -2.34. The summed E-state index contributed by atoms with van der Waals surface area (Å²) in [5, 5.41) is 7.63. The average Bonchev–Trinajstić information content (AvgIpc) is 3.79. The topological polar surface area (TPSA) is 9.86 Å². The Labute approximate surface area is 328 Å². The lowest BCUT2D eigenvalue weighted by atomic mass is 9.64. The molecule has 0 unspecified atom stereocenters. The fraction of sp³-hybridized carbons (Fsp3) is 0.0189. The predicted molar refractivity (Wildman–Crippen MR) is 235 cm³/mol. The number of aromatic nitrogens is 2. The second-order valence-corrected chi connectivity index (χ2v) is 15.9. The van der Waals surface area contributed by atoms with E-state index in [-0.39, 0.29) is 0 Å². The number of rotatable bonds is 4. The minimum Gasteiger partial charge on any atom is -0.309 e. The molecular formula is C53H34N2S. The molecule has 3 heteroatoms. The standard InChI is InChI=1S/C53H34N2S/c1-2-14-40-35(13-1)25-34-46-52(40)56-51-24-12-7-19-45(51)53(46,36-26-30-38(31-27-36)54-47-20-8-3-15-41(47)42-16-4-9-21-48(42)54)37-28-32-39(33-29-37)55-49-22-10-5-17-43(49)44-18-6-11-23-50(44)55/h1-34H. The highest BCUT2D eigenvalue weighted by Gasteiger charge is 2.44. The molecule has 12 rings (SSSR count). The molecule has 0 aliphatic carbocycles. The zero-order chi connectivity index (χ0) is 36.8. The maximum atomic E-state index is 2.41. The highest BCUT2D eigenvalue weighted by Crippen LogP contribution is 2.57. The molecule has 9 aromatic carbocycles. The Balaban J connectivity index is 1.12. The summed E-state index contributed by atoms with van der Waals surface area (Å²) in [5.74, 6) is 0. The van der Waals surface area contributed by atoms with E-state index in [4.69, 9.17) is 0 Å². The van der Waals surface area contributed by atoms with Gasteiger partial charge < -0.3 is 9.13 Å². The van der Waals surface area contributed by atoms with E-state index < -0.39 is 5.41 Å². The molecule has 262 valence electrons. The van der Waals surface area contributed by atoms with Gasteiger partial charge in [-0.05, 0) is 87.6 Å². The van der Waals surface area contributed by atoms with Crippen LogP contribution < -0.4 is 0 Å². The molecule has 2 aromatic heterocycles. The highest BCUT2D eigenvalue weighted by molar-refractivity contribution is 7.99. The smallest absolute Gasteiger partial charge is 0.0723 e. The molecule has 11 aromatic rings. The summed E-state index contributed by atoms with van der Waals surface area (Å²) in [6, 6.07) is 76.4. The lowest BCUT2D eigenvalue weighted by molar-refractivity contribution is 0.705. The molecular weight excluding hydrogens is 697 g/mol. The fourth-order valence-corrected chi connectivity index (χ4v) is 11.0. The van der Waals surface area contributed by atoms with Crippen LogP contribution in [0.2, 0.25) is 0 Å². The van der Waals surface area contributed by atoms with Gasteiger partial charge in [0.2, 0.25) is 0 Å². The normalized spacial score (nSPS) is 13.4. The van der Waals surface area contributed by atoms with Crippen molar-refractivity contribution >= 4 is 66.1 Å². The van der Waals surface area contributed by atoms with Gasteiger partial charge in [0.15, 0.2) is 0 Å². The minimum atomic E-state index is -0.570. The summed E-state index contributed by atoms with van der Waals surface area (Å²) in [4.78, 5) is 2.61. The second kappa shape index (κ2) is 12.1. The van der Waals surface area contributed by atoms with E-state index in [1.54, 1.807) is 0 Å². The van der Waals surface area contributed by atoms with Gasteiger partial charge in [0.1, 0.15) is 0 Å². The Kier molecular flexibility index (Phi) is 6.81. The van der Waals surface area contributed by atoms with Gasteiger partial charge in [-0.2, -0.15) is 0 Å². The molecule has 3 heterocycles. The molecule has 0 fully saturated rings. The molecule has 0 radical (unpaired) electrons. The van der Waals surface area contributed by atoms with Crippen LogP contribution in [0.5, 0.6) is 0 Å². The molecule has 0 spiro atoms. The van der Waals surface area contributed by atoms with Gasteiger partial charge in [-0.25, -0.2) is 0 Å². The van der Waals surface area contributed by atoms with E-state index in [0.29, 0.717) is 0 Å². The maximum Gasteiger partial charge on any atom is 0.0723 e. The van der Waals surface area contributed by atoms with E-state index >= 15 is 0 Å². The largest absolute Gasteiger partial charge is 0.309 e. The van der Waals surface area contributed by atoms with Gasteiger partial charge in [0.25, 0.3) is 0 Å². The Morgan fingerprint density at radius 1 is 0.321 bits per heavy atom. The zero-order valence-electron chi connectivity index (χ0n) is 30.4. The van der Waals surface area contributed by atoms with Crippen molar-refractivity contribution in [1.82, 2.24) is 9.13 Å². The van der Waals surface area contributed by atoms with Crippen molar-refractivity contribution in [2.45, 2.75) is 15.2 Å². The van der Waals surface area contributed by atoms with E-state index in [0.717, 1.165) is 11.4 Å². The number of para-hydroxylation sites is 4. The van der Waals surface area contributed by atoms with Crippen LogP contribution in [-0.2, 0) is 5.41 Å². The third kappa shape index (κ3) is 4.35. The summed E-state index contributed by atoms with van der Waals surface area (Å²) < 4.78 is 4.82. The highest BCUT2D eigenvalue weighted by atomic mass is 32.2. The molecule has 0 saturated heterocycles. The van der Waals surface area contributed by atoms with Crippen LogP contribution >= 0.6 is 11.8 Å². The first kappa shape index (κ1) is 31.5. The first-order valence-electron chi connectivity index (χ1n) is 19.3. The van der Waals surface area contributed by atoms with Crippen LogP contribution in [0.4, 0.5) is 0 Å². The van der Waals surface area contributed by atoms with Gasteiger partial charge in [0, 0.05) is 42.7 Å². The molecule has 0 N–H and O–H groups in total. The summed E-state index contributed by atoms with van der Waals surface area (Å²) in [5.41, 5.74) is 11.7. The number of hydrogen-bond donors (Lipinski definition) is 0. The second-order valence-electron chi connectivity index (χ2n) is 14.8. The van der Waals surface area contributed by atoms with E-state index in [1.165, 1.54) is 86.4 Å². The average molecular weight is 731 g/mol. The predicted octanol–water partition coefficient (Wildman–Crippen LogP) is 13.9. The summed E-state index contributed by atoms with van der Waals surface area (Å²) in [7, 11) is 0. The summed E-state index contributed by atoms with van der Waals surface area (Å²) in [6.45, 7) is 0. The molecule has 1 aliphatic heterocycles. The summed E-state index contributed by atoms with van der Waals surface area (Å²) >= 11 is 1.90. The molecule has 0 bridgehead atoms. The maximum absolute atomic E-state index is 2.41. The van der Waals surface area contributed by atoms with Crippen LogP contribution in [0, 0.1) is 0 Å². The van der Waals surface area contributed by atoms with Gasteiger partial charge in [-0.15, -0.1) is 0 Å². The van der Waals surface area contributed by atoms with Crippen LogP contribution in [0.25, 0.3) is 65.8 Å². The molecule has 1 aliphatic rings. The van der Waals surface area contributed by atoms with Gasteiger partial charge in [-0.3, -0.25) is 0 Å². The van der Waals surface area contributed by atoms with Crippen molar-refractivity contribution in [3.63, 3.8) is 0 Å². The van der Waals surface area contributed by atoms with Crippen LogP contribution in [0.3, 0.4) is 0 Å². The van der Waals surface area contributed by atoms with Crippen LogP contribution in [0.15, 0.2) is 216 Å². The van der Waals surface area contributed by atoms with Crippen molar-refractivity contribution in [2.24, 2.45) is 0 Å². The quantitative estimate of drug-likeness (QED) is 0.175. The molecule has 0 atom stereocenters. The first-order valence-corrected chi connectivity index (χ1v) is 20.1. The Morgan fingerprint density at radius 2 is 0.732 bits per heavy atom. The van der Waals surface area contributed by atoms with Gasteiger partial charge in [-0.1, -0.05) is 163 Å². The van der Waals surface area contributed by atoms with Gasteiger partial charge >= 0.3 is 0 Å². The van der Waals surface area contributed by atoms with Crippen molar-refractivity contribution in [3.8, 4) is 11.4 Å². The summed E-state index contributed by atoms with van der Waals surface area (Å²) in [6.07, 6.45) is 0. The third-order valence-electron chi connectivity index (χ3n) is 12.1.